The van der Waals surface area contributed by atoms with Gasteiger partial charge in [0.25, 0.3) is 0 Å². The van der Waals surface area contributed by atoms with Crippen molar-refractivity contribution in [3.8, 4) is 0 Å². The van der Waals surface area contributed by atoms with Crippen molar-refractivity contribution < 1.29 is 0 Å². The molecule has 0 aliphatic heterocycles. The van der Waals surface area contributed by atoms with E-state index in [1.165, 1.54) is 37.7 Å². The first kappa shape index (κ1) is 14.1. The van der Waals surface area contributed by atoms with Gasteiger partial charge in [-0.2, -0.15) is 0 Å². The zero-order valence-electron chi connectivity index (χ0n) is 11.5. The van der Waals surface area contributed by atoms with Gasteiger partial charge < -0.3 is 5.73 Å². The molecule has 0 spiro atoms. The Balaban J connectivity index is 2.14. The fourth-order valence-electron chi connectivity index (χ4n) is 3.29. The number of nitrogens with two attached hydrogens (primary N) is 1. The molecule has 0 bridgehead atoms. The molecule has 1 aliphatic rings. The first-order valence-electron chi connectivity index (χ1n) is 7.09. The molecule has 0 amide bonds. The number of rotatable bonds is 3. The van der Waals surface area contributed by atoms with E-state index >= 15 is 0 Å². The van der Waals surface area contributed by atoms with Gasteiger partial charge in [0.2, 0.25) is 0 Å². The van der Waals surface area contributed by atoms with Gasteiger partial charge in [-0.1, -0.05) is 60.3 Å². The molecule has 2 N–H and O–H groups in total. The predicted molar refractivity (Wildman–Crippen MR) is 81.4 cm³/mol. The standard InChI is InChI=1S/C16H24BrN/c1-3-12-8-10-13(11-9-12)16(2,18)14-6-4-5-7-15(14)17/h4-7,12-13H,3,8-11,18H2,1-2H3. The van der Waals surface area contributed by atoms with E-state index in [1.807, 2.05) is 0 Å². The maximum atomic E-state index is 6.67. The average Bonchev–Trinajstić information content (AvgIpc) is 2.39. The highest BCUT2D eigenvalue weighted by molar-refractivity contribution is 9.10. The van der Waals surface area contributed by atoms with Crippen molar-refractivity contribution in [2.75, 3.05) is 0 Å². The third-order valence-electron chi connectivity index (χ3n) is 4.73. The molecule has 18 heavy (non-hydrogen) atoms. The van der Waals surface area contributed by atoms with Crippen LogP contribution in [-0.4, -0.2) is 0 Å². The number of hydrogen-bond donors (Lipinski definition) is 1. The van der Waals surface area contributed by atoms with Crippen molar-refractivity contribution in [2.45, 2.75) is 51.5 Å². The Bertz CT molecular complexity index is 392. The summed E-state index contributed by atoms with van der Waals surface area (Å²) in [5, 5.41) is 0. The largest absolute Gasteiger partial charge is 0.321 e. The minimum Gasteiger partial charge on any atom is -0.321 e. The Morgan fingerprint density at radius 3 is 2.39 bits per heavy atom. The lowest BCUT2D eigenvalue weighted by Crippen LogP contribution is -2.43. The smallest absolute Gasteiger partial charge is 0.0420 e. The van der Waals surface area contributed by atoms with Crippen LogP contribution in [-0.2, 0) is 5.54 Å². The van der Waals surface area contributed by atoms with Crippen LogP contribution < -0.4 is 5.73 Å². The molecule has 1 saturated carbocycles. The summed E-state index contributed by atoms with van der Waals surface area (Å²) in [6, 6.07) is 8.40. The predicted octanol–water partition coefficient (Wildman–Crippen LogP) is 4.84. The lowest BCUT2D eigenvalue weighted by atomic mass is 9.70. The number of halogens is 1. The van der Waals surface area contributed by atoms with Crippen LogP contribution >= 0.6 is 15.9 Å². The monoisotopic (exact) mass is 309 g/mol. The Labute approximate surface area is 119 Å². The van der Waals surface area contributed by atoms with Crippen LogP contribution in [0, 0.1) is 11.8 Å². The van der Waals surface area contributed by atoms with Gasteiger partial charge in [-0.05, 0) is 43.2 Å². The first-order chi connectivity index (χ1) is 8.55. The van der Waals surface area contributed by atoms with E-state index in [0.29, 0.717) is 5.92 Å². The Morgan fingerprint density at radius 1 is 1.22 bits per heavy atom. The van der Waals surface area contributed by atoms with Gasteiger partial charge in [-0.3, -0.25) is 0 Å². The van der Waals surface area contributed by atoms with Crippen LogP contribution in [0.25, 0.3) is 0 Å². The molecular weight excluding hydrogens is 286 g/mol. The molecule has 2 heteroatoms. The summed E-state index contributed by atoms with van der Waals surface area (Å²) in [4.78, 5) is 0. The molecule has 0 aromatic heterocycles. The highest BCUT2D eigenvalue weighted by Gasteiger charge is 2.35. The highest BCUT2D eigenvalue weighted by atomic mass is 79.9. The highest BCUT2D eigenvalue weighted by Crippen LogP contribution is 2.41. The third-order valence-corrected chi connectivity index (χ3v) is 5.42. The second kappa shape index (κ2) is 5.75. The van der Waals surface area contributed by atoms with Gasteiger partial charge in [0.1, 0.15) is 0 Å². The summed E-state index contributed by atoms with van der Waals surface area (Å²) >= 11 is 3.64. The van der Waals surface area contributed by atoms with Crippen molar-refractivity contribution in [1.82, 2.24) is 0 Å². The van der Waals surface area contributed by atoms with Gasteiger partial charge in [-0.15, -0.1) is 0 Å². The van der Waals surface area contributed by atoms with E-state index in [1.54, 1.807) is 0 Å². The molecule has 1 fully saturated rings. The van der Waals surface area contributed by atoms with Crippen LogP contribution in [0.15, 0.2) is 28.7 Å². The van der Waals surface area contributed by atoms with E-state index in [-0.39, 0.29) is 5.54 Å². The fraction of sp³-hybridized carbons (Fsp3) is 0.625. The molecule has 0 heterocycles. The maximum absolute atomic E-state index is 6.67. The molecule has 1 aromatic carbocycles. The SMILES string of the molecule is CCC1CCC(C(C)(N)c2ccccc2Br)CC1. The summed E-state index contributed by atoms with van der Waals surface area (Å²) in [7, 11) is 0. The minimum absolute atomic E-state index is 0.210. The van der Waals surface area contributed by atoms with Crippen molar-refractivity contribution in [1.29, 1.82) is 0 Å². The summed E-state index contributed by atoms with van der Waals surface area (Å²) in [5.41, 5.74) is 7.72. The second-order valence-corrected chi connectivity index (χ2v) is 6.74. The molecule has 1 aromatic rings. The quantitative estimate of drug-likeness (QED) is 0.849. The maximum Gasteiger partial charge on any atom is 0.0420 e. The zero-order chi connectivity index (χ0) is 13.2. The van der Waals surface area contributed by atoms with E-state index in [4.69, 9.17) is 5.73 Å². The summed E-state index contributed by atoms with van der Waals surface area (Å²) < 4.78 is 1.15. The molecular formula is C16H24BrN. The van der Waals surface area contributed by atoms with Crippen LogP contribution in [0.4, 0.5) is 0 Å². The normalized spacial score (nSPS) is 27.8. The van der Waals surface area contributed by atoms with Crippen LogP contribution in [0.3, 0.4) is 0 Å². The number of benzene rings is 1. The van der Waals surface area contributed by atoms with Crippen molar-refractivity contribution >= 4 is 15.9 Å². The molecule has 100 valence electrons. The Hall–Kier alpha value is -0.340. The van der Waals surface area contributed by atoms with E-state index in [0.717, 1.165) is 10.4 Å². The van der Waals surface area contributed by atoms with E-state index in [2.05, 4.69) is 54.0 Å². The molecule has 1 aliphatic carbocycles. The Kier molecular flexibility index (Phi) is 4.50. The van der Waals surface area contributed by atoms with Gasteiger partial charge in [0.15, 0.2) is 0 Å². The molecule has 1 atom stereocenters. The molecule has 1 unspecified atom stereocenters. The van der Waals surface area contributed by atoms with Gasteiger partial charge >= 0.3 is 0 Å². The lowest BCUT2D eigenvalue weighted by molar-refractivity contribution is 0.182. The topological polar surface area (TPSA) is 26.0 Å². The molecule has 0 saturated heterocycles. The van der Waals surface area contributed by atoms with Crippen molar-refractivity contribution in [3.63, 3.8) is 0 Å². The van der Waals surface area contributed by atoms with Crippen LogP contribution in [0.5, 0.6) is 0 Å². The van der Waals surface area contributed by atoms with E-state index in [9.17, 15) is 0 Å². The fourth-order valence-corrected chi connectivity index (χ4v) is 4.00. The van der Waals surface area contributed by atoms with Crippen LogP contribution in [0.1, 0.15) is 51.5 Å². The van der Waals surface area contributed by atoms with Crippen molar-refractivity contribution in [3.05, 3.63) is 34.3 Å². The van der Waals surface area contributed by atoms with Gasteiger partial charge in [-0.25, -0.2) is 0 Å². The third kappa shape index (κ3) is 2.80. The van der Waals surface area contributed by atoms with Gasteiger partial charge in [0.05, 0.1) is 0 Å². The van der Waals surface area contributed by atoms with E-state index < -0.39 is 0 Å². The Morgan fingerprint density at radius 2 is 1.83 bits per heavy atom. The lowest BCUT2D eigenvalue weighted by Gasteiger charge is -2.40. The van der Waals surface area contributed by atoms with Crippen LogP contribution in [0.2, 0.25) is 0 Å². The molecule has 0 radical (unpaired) electrons. The summed E-state index contributed by atoms with van der Waals surface area (Å²) in [6.07, 6.45) is 6.56. The molecule has 2 rings (SSSR count). The average molecular weight is 310 g/mol. The number of hydrogen-bond acceptors (Lipinski definition) is 1. The second-order valence-electron chi connectivity index (χ2n) is 5.89. The minimum atomic E-state index is -0.210. The van der Waals surface area contributed by atoms with Crippen molar-refractivity contribution in [2.24, 2.45) is 17.6 Å². The summed E-state index contributed by atoms with van der Waals surface area (Å²) in [5.74, 6) is 1.54. The molecule has 1 nitrogen and oxygen atoms in total. The zero-order valence-corrected chi connectivity index (χ0v) is 13.0. The summed E-state index contributed by atoms with van der Waals surface area (Å²) in [6.45, 7) is 4.50. The van der Waals surface area contributed by atoms with Gasteiger partial charge in [0, 0.05) is 10.0 Å². The first-order valence-corrected chi connectivity index (χ1v) is 7.89.